The number of amides is 1. The Kier molecular flexibility index (Phi) is 3.44. The van der Waals surface area contributed by atoms with Crippen molar-refractivity contribution in [3.8, 4) is 0 Å². The molecule has 0 aromatic rings. The quantitative estimate of drug-likeness (QED) is 0.723. The molecule has 2 N–H and O–H groups in total. The number of hydrogen-bond donors (Lipinski definition) is 2. The second-order valence-electron chi connectivity index (χ2n) is 4.32. The van der Waals surface area contributed by atoms with Crippen molar-refractivity contribution >= 4 is 22.0 Å². The highest BCUT2D eigenvalue weighted by molar-refractivity contribution is 9.11. The predicted octanol–water partition coefficient (Wildman–Crippen LogP) is 2.49. The molecule has 4 nitrogen and oxygen atoms in total. The summed E-state index contributed by atoms with van der Waals surface area (Å²) in [5, 5.41) is 11.0. The van der Waals surface area contributed by atoms with E-state index >= 15 is 0 Å². The van der Waals surface area contributed by atoms with E-state index in [4.69, 9.17) is 5.11 Å². The maximum atomic E-state index is 10.6. The van der Waals surface area contributed by atoms with E-state index in [1.807, 2.05) is 6.08 Å². The molecule has 1 rings (SSSR count). The minimum absolute atomic E-state index is 0.0466. The molecule has 0 aromatic heterocycles. The number of nitrogens with zero attached hydrogens (tertiary/aromatic N) is 1. The first kappa shape index (κ1) is 12.1. The van der Waals surface area contributed by atoms with Crippen LogP contribution in [0.1, 0.15) is 20.8 Å². The molecule has 1 heterocycles. The van der Waals surface area contributed by atoms with Gasteiger partial charge in [-0.2, -0.15) is 0 Å². The van der Waals surface area contributed by atoms with Crippen LogP contribution in [0.2, 0.25) is 0 Å². The van der Waals surface area contributed by atoms with Crippen molar-refractivity contribution in [3.05, 3.63) is 22.5 Å². The van der Waals surface area contributed by atoms with Gasteiger partial charge < -0.3 is 10.0 Å². The average Bonchev–Trinajstić information content (AvgIpc) is 2.05. The Balaban J connectivity index is 2.94. The van der Waals surface area contributed by atoms with E-state index in [1.165, 1.54) is 0 Å². The third-order valence-corrected chi connectivity index (χ3v) is 2.94. The van der Waals surface area contributed by atoms with Crippen molar-refractivity contribution in [2.24, 2.45) is 0 Å². The van der Waals surface area contributed by atoms with Gasteiger partial charge in [0, 0.05) is 12.1 Å². The molecular weight excluding hydrogens is 260 g/mol. The van der Waals surface area contributed by atoms with Gasteiger partial charge in [-0.25, -0.2) is 4.79 Å². The lowest BCUT2D eigenvalue weighted by Crippen LogP contribution is -2.42. The Labute approximate surface area is 97.8 Å². The molecule has 84 valence electrons. The number of allylic oxidation sites excluding steroid dienone is 1. The van der Waals surface area contributed by atoms with Crippen molar-refractivity contribution in [2.45, 2.75) is 26.3 Å². The van der Waals surface area contributed by atoms with Gasteiger partial charge in [0.2, 0.25) is 0 Å². The lowest BCUT2D eigenvalue weighted by Gasteiger charge is -2.38. The zero-order chi connectivity index (χ0) is 11.6. The average molecular weight is 275 g/mol. The van der Waals surface area contributed by atoms with E-state index in [9.17, 15) is 4.79 Å². The lowest BCUT2D eigenvalue weighted by atomic mass is 10.1. The first-order valence-corrected chi connectivity index (χ1v) is 5.45. The summed E-state index contributed by atoms with van der Waals surface area (Å²) in [5.74, 6) is 0. The van der Waals surface area contributed by atoms with Crippen LogP contribution < -0.4 is 5.32 Å². The van der Waals surface area contributed by atoms with Gasteiger partial charge in [0.1, 0.15) is 4.61 Å². The van der Waals surface area contributed by atoms with Crippen LogP contribution in [0, 0.1) is 0 Å². The zero-order valence-electron chi connectivity index (χ0n) is 9.04. The van der Waals surface area contributed by atoms with E-state index in [-0.39, 0.29) is 5.54 Å². The monoisotopic (exact) mass is 274 g/mol. The molecule has 0 aliphatic carbocycles. The van der Waals surface area contributed by atoms with E-state index in [0.717, 1.165) is 11.2 Å². The number of carbonyl (C=O) groups is 1. The molecular formula is C10H15BrN2O2. The number of hydrogen-bond acceptors (Lipinski definition) is 2. The summed E-state index contributed by atoms with van der Waals surface area (Å²) < 4.78 is 0.778. The molecule has 0 radical (unpaired) electrons. The zero-order valence-corrected chi connectivity index (χ0v) is 10.6. The first-order chi connectivity index (χ1) is 6.82. The van der Waals surface area contributed by atoms with E-state index in [2.05, 4.69) is 46.9 Å². The SMILES string of the molecule is CC(C)(C)N1CC=CC(NC(=O)O)=C1Br. The summed E-state index contributed by atoms with van der Waals surface area (Å²) in [4.78, 5) is 12.6. The summed E-state index contributed by atoms with van der Waals surface area (Å²) in [6.07, 6.45) is 2.64. The van der Waals surface area contributed by atoms with Crippen LogP contribution in [-0.2, 0) is 0 Å². The van der Waals surface area contributed by atoms with Crippen molar-refractivity contribution in [1.82, 2.24) is 10.2 Å². The summed E-state index contributed by atoms with van der Waals surface area (Å²) in [7, 11) is 0. The molecule has 5 heteroatoms. The minimum atomic E-state index is -1.05. The predicted molar refractivity (Wildman–Crippen MR) is 62.7 cm³/mol. The number of carboxylic acid groups (broad SMARTS) is 1. The Morgan fingerprint density at radius 3 is 2.67 bits per heavy atom. The van der Waals surface area contributed by atoms with E-state index < -0.39 is 6.09 Å². The fourth-order valence-electron chi connectivity index (χ4n) is 1.35. The molecule has 1 aliphatic rings. The maximum absolute atomic E-state index is 10.6. The second kappa shape index (κ2) is 4.26. The summed E-state index contributed by atoms with van der Waals surface area (Å²) in [6, 6.07) is 0. The topological polar surface area (TPSA) is 52.6 Å². The van der Waals surface area contributed by atoms with Gasteiger partial charge in [-0.3, -0.25) is 5.32 Å². The maximum Gasteiger partial charge on any atom is 0.409 e. The van der Waals surface area contributed by atoms with Crippen molar-refractivity contribution in [3.63, 3.8) is 0 Å². The Morgan fingerprint density at radius 2 is 2.20 bits per heavy atom. The molecule has 1 amide bonds. The van der Waals surface area contributed by atoms with Gasteiger partial charge in [-0.05, 0) is 42.8 Å². The number of halogens is 1. The molecule has 0 aromatic carbocycles. The van der Waals surface area contributed by atoms with Crippen molar-refractivity contribution in [1.29, 1.82) is 0 Å². The third-order valence-electron chi connectivity index (χ3n) is 2.08. The van der Waals surface area contributed by atoms with Crippen LogP contribution in [0.3, 0.4) is 0 Å². The van der Waals surface area contributed by atoms with Gasteiger partial charge in [-0.1, -0.05) is 6.08 Å². The highest BCUT2D eigenvalue weighted by Crippen LogP contribution is 2.28. The van der Waals surface area contributed by atoms with Crippen LogP contribution in [0.5, 0.6) is 0 Å². The number of rotatable bonds is 1. The van der Waals surface area contributed by atoms with Gasteiger partial charge in [0.15, 0.2) is 0 Å². The molecule has 1 aliphatic heterocycles. The van der Waals surface area contributed by atoms with Crippen molar-refractivity contribution in [2.75, 3.05) is 6.54 Å². The lowest BCUT2D eigenvalue weighted by molar-refractivity contribution is 0.194. The summed E-state index contributed by atoms with van der Waals surface area (Å²) >= 11 is 3.41. The fourth-order valence-corrected chi connectivity index (χ4v) is 2.26. The molecule has 0 saturated heterocycles. The second-order valence-corrected chi connectivity index (χ2v) is 5.07. The first-order valence-electron chi connectivity index (χ1n) is 4.66. The van der Waals surface area contributed by atoms with Crippen molar-refractivity contribution < 1.29 is 9.90 Å². The van der Waals surface area contributed by atoms with Gasteiger partial charge in [0.05, 0.1) is 5.70 Å². The molecule has 0 spiro atoms. The van der Waals surface area contributed by atoms with E-state index in [1.54, 1.807) is 6.08 Å². The Morgan fingerprint density at radius 1 is 1.60 bits per heavy atom. The normalized spacial score (nSPS) is 16.9. The number of nitrogens with one attached hydrogen (secondary N) is 1. The largest absolute Gasteiger partial charge is 0.465 e. The highest BCUT2D eigenvalue weighted by Gasteiger charge is 2.25. The molecule has 0 unspecified atom stereocenters. The molecule has 0 fully saturated rings. The van der Waals surface area contributed by atoms with Crippen LogP contribution in [0.4, 0.5) is 4.79 Å². The van der Waals surface area contributed by atoms with E-state index in [0.29, 0.717) is 5.70 Å². The summed E-state index contributed by atoms with van der Waals surface area (Å²) in [6.45, 7) is 7.00. The summed E-state index contributed by atoms with van der Waals surface area (Å²) in [5.41, 5.74) is 0.526. The molecule has 0 saturated carbocycles. The van der Waals surface area contributed by atoms with Crippen LogP contribution in [0.25, 0.3) is 0 Å². The van der Waals surface area contributed by atoms with Gasteiger partial charge in [-0.15, -0.1) is 0 Å². The molecule has 15 heavy (non-hydrogen) atoms. The van der Waals surface area contributed by atoms with Crippen LogP contribution in [-0.4, -0.2) is 28.2 Å². The smallest absolute Gasteiger partial charge is 0.409 e. The Hall–Kier alpha value is -0.970. The Bertz CT molecular complexity index is 329. The molecule has 0 atom stereocenters. The minimum Gasteiger partial charge on any atom is -0.465 e. The molecule has 0 bridgehead atoms. The van der Waals surface area contributed by atoms with Crippen LogP contribution >= 0.6 is 15.9 Å². The third kappa shape index (κ3) is 2.99. The van der Waals surface area contributed by atoms with Gasteiger partial charge >= 0.3 is 6.09 Å². The van der Waals surface area contributed by atoms with Crippen LogP contribution in [0.15, 0.2) is 22.5 Å². The van der Waals surface area contributed by atoms with Gasteiger partial charge in [0.25, 0.3) is 0 Å². The standard InChI is InChI=1S/C10H15BrN2O2/c1-10(2,3)13-6-4-5-7(8(13)11)12-9(14)15/h4-5,12H,6H2,1-3H3,(H,14,15). The highest BCUT2D eigenvalue weighted by atomic mass is 79.9. The fraction of sp³-hybridized carbons (Fsp3) is 0.500.